The van der Waals surface area contributed by atoms with E-state index in [1.54, 1.807) is 23.9 Å². The van der Waals surface area contributed by atoms with Crippen LogP contribution in [0.4, 0.5) is 5.69 Å². The molecular weight excluding hydrogens is 410 g/mol. The van der Waals surface area contributed by atoms with Gasteiger partial charge in [0.2, 0.25) is 12.3 Å². The number of anilines is 1. The summed E-state index contributed by atoms with van der Waals surface area (Å²) in [6, 6.07) is 25.3. The van der Waals surface area contributed by atoms with Gasteiger partial charge in [-0.05, 0) is 42.0 Å². The zero-order chi connectivity index (χ0) is 21.0. The molecule has 7 heteroatoms. The number of thioether (sulfide) groups is 1. The van der Waals surface area contributed by atoms with Crippen molar-refractivity contribution in [2.24, 2.45) is 0 Å². The highest BCUT2D eigenvalue weighted by molar-refractivity contribution is 7.99. The molecule has 0 fully saturated rings. The number of carbonyl (C=O) groups is 1. The minimum Gasteiger partial charge on any atom is -0.484 e. The Morgan fingerprint density at radius 2 is 1.81 bits per heavy atom. The molecule has 4 aromatic rings. The van der Waals surface area contributed by atoms with Crippen LogP contribution in [0.25, 0.3) is 11.5 Å². The van der Waals surface area contributed by atoms with Crippen LogP contribution >= 0.6 is 11.8 Å². The number of ether oxygens (including phenoxy) is 1. The van der Waals surface area contributed by atoms with Crippen molar-refractivity contribution in [1.82, 2.24) is 10.2 Å². The predicted molar refractivity (Wildman–Crippen MR) is 119 cm³/mol. The van der Waals surface area contributed by atoms with E-state index in [4.69, 9.17) is 9.15 Å². The number of para-hydroxylation sites is 1. The van der Waals surface area contributed by atoms with Gasteiger partial charge in [0, 0.05) is 16.2 Å². The maximum absolute atomic E-state index is 13.3. The van der Waals surface area contributed by atoms with E-state index >= 15 is 0 Å². The molecule has 0 N–H and O–H groups in total. The van der Waals surface area contributed by atoms with Gasteiger partial charge in [-0.25, -0.2) is 0 Å². The number of rotatable bonds is 5. The summed E-state index contributed by atoms with van der Waals surface area (Å²) in [6.07, 6.45) is 1.29. The summed E-state index contributed by atoms with van der Waals surface area (Å²) in [7, 11) is 0. The number of benzene rings is 3. The topological polar surface area (TPSA) is 68.5 Å². The zero-order valence-electron chi connectivity index (χ0n) is 16.5. The molecule has 1 aliphatic rings. The molecule has 0 radical (unpaired) electrons. The first kappa shape index (κ1) is 19.4. The second-order valence-electron chi connectivity index (χ2n) is 7.03. The van der Waals surface area contributed by atoms with Gasteiger partial charge in [0.05, 0.1) is 11.7 Å². The SMILES string of the molecule is O=C(COc1ccc(-c2nnco2)cc1)N1c2ccccc2SC[C@H]1c1ccccc1. The fourth-order valence-corrected chi connectivity index (χ4v) is 4.79. The summed E-state index contributed by atoms with van der Waals surface area (Å²) in [5, 5.41) is 7.57. The Bertz CT molecular complexity index is 1160. The maximum Gasteiger partial charge on any atom is 0.265 e. The van der Waals surface area contributed by atoms with Crippen LogP contribution in [-0.2, 0) is 4.79 Å². The van der Waals surface area contributed by atoms with Crippen LogP contribution in [0.1, 0.15) is 11.6 Å². The van der Waals surface area contributed by atoms with E-state index in [9.17, 15) is 4.79 Å². The lowest BCUT2D eigenvalue weighted by Crippen LogP contribution is -2.41. The molecule has 1 aromatic heterocycles. The van der Waals surface area contributed by atoms with Crippen LogP contribution in [-0.4, -0.2) is 28.5 Å². The molecule has 3 aromatic carbocycles. The highest BCUT2D eigenvalue weighted by Crippen LogP contribution is 2.43. The van der Waals surface area contributed by atoms with Crippen LogP contribution in [0.15, 0.2) is 94.6 Å². The molecule has 0 spiro atoms. The number of hydrogen-bond acceptors (Lipinski definition) is 6. The zero-order valence-corrected chi connectivity index (χ0v) is 17.4. The maximum atomic E-state index is 13.3. The van der Waals surface area contributed by atoms with Gasteiger partial charge in [0.1, 0.15) is 5.75 Å². The van der Waals surface area contributed by atoms with Crippen LogP contribution in [0.5, 0.6) is 5.75 Å². The summed E-state index contributed by atoms with van der Waals surface area (Å²) < 4.78 is 11.0. The smallest absolute Gasteiger partial charge is 0.265 e. The monoisotopic (exact) mass is 429 g/mol. The van der Waals surface area contributed by atoms with Crippen LogP contribution in [0.3, 0.4) is 0 Å². The third-order valence-corrected chi connectivity index (χ3v) is 6.25. The third kappa shape index (κ3) is 4.04. The molecule has 0 saturated carbocycles. The molecule has 6 nitrogen and oxygen atoms in total. The Hall–Kier alpha value is -3.58. The number of hydrogen-bond donors (Lipinski definition) is 0. The number of amides is 1. The second kappa shape index (κ2) is 8.65. The van der Waals surface area contributed by atoms with Crippen molar-refractivity contribution in [2.45, 2.75) is 10.9 Å². The number of fused-ring (bicyclic) bond motifs is 1. The van der Waals surface area contributed by atoms with Crippen molar-refractivity contribution >= 4 is 23.4 Å². The van der Waals surface area contributed by atoms with E-state index in [-0.39, 0.29) is 18.6 Å². The molecule has 154 valence electrons. The van der Waals surface area contributed by atoms with Crippen LogP contribution < -0.4 is 9.64 Å². The van der Waals surface area contributed by atoms with Gasteiger partial charge in [0.15, 0.2) is 6.61 Å². The summed E-state index contributed by atoms with van der Waals surface area (Å²) >= 11 is 1.77. The van der Waals surface area contributed by atoms with Gasteiger partial charge in [-0.15, -0.1) is 22.0 Å². The molecule has 0 saturated heterocycles. The Morgan fingerprint density at radius 3 is 2.58 bits per heavy atom. The molecule has 0 aliphatic carbocycles. The minimum absolute atomic E-state index is 0.0443. The fourth-order valence-electron chi connectivity index (χ4n) is 3.63. The average molecular weight is 430 g/mol. The molecular formula is C24H19N3O3S. The van der Waals surface area contributed by atoms with Gasteiger partial charge in [0.25, 0.3) is 5.91 Å². The quantitative estimate of drug-likeness (QED) is 0.445. The Balaban J connectivity index is 1.36. The lowest BCUT2D eigenvalue weighted by molar-refractivity contribution is -0.121. The van der Waals surface area contributed by atoms with Gasteiger partial charge in [-0.1, -0.05) is 42.5 Å². The summed E-state index contributed by atoms with van der Waals surface area (Å²) in [5.41, 5.74) is 2.83. The Morgan fingerprint density at radius 1 is 1.03 bits per heavy atom. The average Bonchev–Trinajstić information content (AvgIpc) is 3.38. The summed E-state index contributed by atoms with van der Waals surface area (Å²) in [5.74, 6) is 1.76. The van der Waals surface area contributed by atoms with Crippen LogP contribution in [0.2, 0.25) is 0 Å². The predicted octanol–water partition coefficient (Wildman–Crippen LogP) is 5.00. The lowest BCUT2D eigenvalue weighted by atomic mass is 10.1. The largest absolute Gasteiger partial charge is 0.484 e. The number of aromatic nitrogens is 2. The fraction of sp³-hybridized carbons (Fsp3) is 0.125. The highest BCUT2D eigenvalue weighted by Gasteiger charge is 2.32. The molecule has 1 amide bonds. The van der Waals surface area contributed by atoms with Crippen molar-refractivity contribution in [2.75, 3.05) is 17.3 Å². The van der Waals surface area contributed by atoms with Crippen molar-refractivity contribution in [3.8, 4) is 17.2 Å². The Kier molecular flexibility index (Phi) is 5.41. The molecule has 0 bridgehead atoms. The normalized spacial score (nSPS) is 15.4. The first-order valence-corrected chi connectivity index (χ1v) is 10.9. The lowest BCUT2D eigenvalue weighted by Gasteiger charge is -2.37. The van der Waals surface area contributed by atoms with Crippen molar-refractivity contribution < 1.29 is 13.9 Å². The standard InChI is InChI=1S/C24H19N3O3S/c28-23(14-29-19-12-10-18(11-13-19)24-26-25-16-30-24)27-20-8-4-5-9-22(20)31-15-21(27)17-6-2-1-3-7-17/h1-13,16,21H,14-15H2/t21-/m0/s1. The molecule has 1 aliphatic heterocycles. The highest BCUT2D eigenvalue weighted by atomic mass is 32.2. The Labute approximate surface area is 183 Å². The van der Waals surface area contributed by atoms with Crippen molar-refractivity contribution in [1.29, 1.82) is 0 Å². The summed E-state index contributed by atoms with van der Waals surface area (Å²) in [4.78, 5) is 16.3. The molecule has 2 heterocycles. The van der Waals surface area contributed by atoms with Gasteiger partial charge in [-0.3, -0.25) is 9.69 Å². The molecule has 0 unspecified atom stereocenters. The number of carbonyl (C=O) groups excluding carboxylic acids is 1. The van der Waals surface area contributed by atoms with E-state index in [1.165, 1.54) is 6.39 Å². The van der Waals surface area contributed by atoms with Gasteiger partial charge < -0.3 is 9.15 Å². The van der Waals surface area contributed by atoms with Crippen LogP contribution in [0, 0.1) is 0 Å². The first-order chi connectivity index (χ1) is 15.3. The number of nitrogens with zero attached hydrogens (tertiary/aromatic N) is 3. The van der Waals surface area contributed by atoms with E-state index in [0.29, 0.717) is 11.6 Å². The van der Waals surface area contributed by atoms with E-state index in [1.807, 2.05) is 53.4 Å². The first-order valence-electron chi connectivity index (χ1n) is 9.88. The second-order valence-corrected chi connectivity index (χ2v) is 8.09. The van der Waals surface area contributed by atoms with Crippen molar-refractivity contribution in [3.05, 3.63) is 90.8 Å². The minimum atomic E-state index is -0.0809. The molecule has 31 heavy (non-hydrogen) atoms. The third-order valence-electron chi connectivity index (χ3n) is 5.11. The van der Waals surface area contributed by atoms with Gasteiger partial charge >= 0.3 is 0 Å². The van der Waals surface area contributed by atoms with Gasteiger partial charge in [-0.2, -0.15) is 0 Å². The van der Waals surface area contributed by atoms with Crippen molar-refractivity contribution in [3.63, 3.8) is 0 Å². The van der Waals surface area contributed by atoms with E-state index in [2.05, 4.69) is 28.4 Å². The van der Waals surface area contributed by atoms with E-state index < -0.39 is 0 Å². The summed E-state index contributed by atoms with van der Waals surface area (Å²) in [6.45, 7) is -0.0533. The molecule has 1 atom stereocenters. The van der Waals surface area contributed by atoms with E-state index in [0.717, 1.165) is 27.5 Å². The molecule has 5 rings (SSSR count).